The number of aromatic amines is 1. The summed E-state index contributed by atoms with van der Waals surface area (Å²) in [7, 11) is 0. The van der Waals surface area contributed by atoms with Crippen LogP contribution in [-0.4, -0.2) is 31.7 Å². The zero-order valence-corrected chi connectivity index (χ0v) is 18.0. The van der Waals surface area contributed by atoms with Crippen molar-refractivity contribution in [1.29, 1.82) is 0 Å². The van der Waals surface area contributed by atoms with Crippen molar-refractivity contribution in [3.8, 4) is 5.82 Å². The SMILES string of the molecule is Cc1[nH]n(-c2ccc(COCc3ccc(C(F)(F)F)cc3)cn2)c(=O)c1NC(=O)CCC(=O)O. The largest absolute Gasteiger partial charge is 0.481 e. The highest BCUT2D eigenvalue weighted by atomic mass is 19.4. The van der Waals surface area contributed by atoms with E-state index in [1.807, 2.05) is 0 Å². The van der Waals surface area contributed by atoms with E-state index < -0.39 is 29.2 Å². The van der Waals surface area contributed by atoms with Crippen LogP contribution in [0.4, 0.5) is 18.9 Å². The van der Waals surface area contributed by atoms with Gasteiger partial charge in [0.15, 0.2) is 5.82 Å². The number of H-pyrrole nitrogens is 1. The molecule has 3 aromatic rings. The van der Waals surface area contributed by atoms with Crippen molar-refractivity contribution in [2.24, 2.45) is 0 Å². The molecule has 1 aromatic carbocycles. The molecule has 0 fully saturated rings. The second-order valence-corrected chi connectivity index (χ2v) is 7.41. The zero-order valence-electron chi connectivity index (χ0n) is 18.0. The van der Waals surface area contributed by atoms with Gasteiger partial charge in [0, 0.05) is 12.6 Å². The van der Waals surface area contributed by atoms with Gasteiger partial charge in [-0.05, 0) is 36.2 Å². The molecular formula is C22H21F3N4O5. The van der Waals surface area contributed by atoms with Crippen molar-refractivity contribution in [2.45, 2.75) is 39.2 Å². The first-order valence-corrected chi connectivity index (χ1v) is 10.1. The van der Waals surface area contributed by atoms with Crippen molar-refractivity contribution >= 4 is 17.6 Å². The number of nitrogens with one attached hydrogen (secondary N) is 2. The lowest BCUT2D eigenvalue weighted by Gasteiger charge is -2.08. The maximum absolute atomic E-state index is 12.6. The monoisotopic (exact) mass is 478 g/mol. The number of carbonyl (C=O) groups excluding carboxylic acids is 1. The van der Waals surface area contributed by atoms with Gasteiger partial charge in [-0.25, -0.2) is 4.98 Å². The van der Waals surface area contributed by atoms with Gasteiger partial charge in [-0.15, -0.1) is 0 Å². The van der Waals surface area contributed by atoms with Crippen molar-refractivity contribution < 1.29 is 32.6 Å². The molecule has 0 aliphatic rings. The fraction of sp³-hybridized carbons (Fsp3) is 0.273. The lowest BCUT2D eigenvalue weighted by atomic mass is 10.1. The number of aromatic nitrogens is 3. The molecule has 12 heteroatoms. The molecule has 0 unspecified atom stereocenters. The Balaban J connectivity index is 1.59. The van der Waals surface area contributed by atoms with Crippen LogP contribution in [-0.2, 0) is 33.7 Å². The predicted octanol–water partition coefficient (Wildman–Crippen LogP) is 3.41. The Labute approximate surface area is 191 Å². The smallest absolute Gasteiger partial charge is 0.416 e. The second-order valence-electron chi connectivity index (χ2n) is 7.41. The van der Waals surface area contributed by atoms with Gasteiger partial charge in [-0.3, -0.25) is 19.5 Å². The molecule has 0 aliphatic heterocycles. The van der Waals surface area contributed by atoms with Crippen molar-refractivity contribution in [2.75, 3.05) is 5.32 Å². The number of nitrogens with zero attached hydrogens (tertiary/aromatic N) is 2. The summed E-state index contributed by atoms with van der Waals surface area (Å²) in [6, 6.07) is 7.92. The quantitative estimate of drug-likeness (QED) is 0.433. The van der Waals surface area contributed by atoms with E-state index in [0.29, 0.717) is 16.8 Å². The van der Waals surface area contributed by atoms with Gasteiger partial charge in [-0.1, -0.05) is 18.2 Å². The Hall–Kier alpha value is -3.93. The summed E-state index contributed by atoms with van der Waals surface area (Å²) in [6.45, 7) is 1.84. The van der Waals surface area contributed by atoms with Crippen LogP contribution >= 0.6 is 0 Å². The number of aliphatic carboxylic acids is 1. The fourth-order valence-corrected chi connectivity index (χ4v) is 2.99. The van der Waals surface area contributed by atoms with Gasteiger partial charge in [-0.2, -0.15) is 17.9 Å². The van der Waals surface area contributed by atoms with Gasteiger partial charge < -0.3 is 15.2 Å². The molecule has 0 radical (unpaired) electrons. The molecule has 3 rings (SSSR count). The lowest BCUT2D eigenvalue weighted by Crippen LogP contribution is -2.22. The van der Waals surface area contributed by atoms with Gasteiger partial charge in [0.1, 0.15) is 5.69 Å². The number of benzene rings is 1. The summed E-state index contributed by atoms with van der Waals surface area (Å²) < 4.78 is 44.5. The average molecular weight is 478 g/mol. The van der Waals surface area contributed by atoms with Crippen LogP contribution in [0.3, 0.4) is 0 Å². The van der Waals surface area contributed by atoms with Crippen molar-refractivity contribution in [3.63, 3.8) is 0 Å². The third kappa shape index (κ3) is 6.32. The van der Waals surface area contributed by atoms with Gasteiger partial charge >= 0.3 is 12.1 Å². The number of rotatable bonds is 9. The van der Waals surface area contributed by atoms with Crippen LogP contribution in [0.5, 0.6) is 0 Å². The Kier molecular flexibility index (Phi) is 7.51. The third-order valence-electron chi connectivity index (χ3n) is 4.76. The first-order valence-electron chi connectivity index (χ1n) is 10.1. The standard InChI is InChI=1S/C22H21F3N4O5/c1-13-20(27-18(30)8-9-19(31)32)21(33)29(28-13)17-7-4-15(10-26-17)12-34-11-14-2-5-16(6-3-14)22(23,24)25/h2-7,10,28H,8-9,11-12H2,1H3,(H,27,30)(H,31,32). The fourth-order valence-electron chi connectivity index (χ4n) is 2.99. The van der Waals surface area contributed by atoms with Gasteiger partial charge in [0.25, 0.3) is 5.56 Å². The molecular weight excluding hydrogens is 457 g/mol. The second kappa shape index (κ2) is 10.3. The van der Waals surface area contributed by atoms with Crippen LogP contribution in [0.1, 0.15) is 35.2 Å². The van der Waals surface area contributed by atoms with Crippen molar-refractivity contribution in [1.82, 2.24) is 14.8 Å². The molecule has 34 heavy (non-hydrogen) atoms. The van der Waals surface area contributed by atoms with E-state index in [2.05, 4.69) is 15.4 Å². The van der Waals surface area contributed by atoms with E-state index in [0.717, 1.165) is 16.8 Å². The highest BCUT2D eigenvalue weighted by Crippen LogP contribution is 2.29. The molecule has 2 aromatic heterocycles. The number of carbonyl (C=O) groups is 2. The minimum absolute atomic E-state index is 0.00106. The minimum atomic E-state index is -4.39. The van der Waals surface area contributed by atoms with E-state index >= 15 is 0 Å². The molecule has 180 valence electrons. The molecule has 9 nitrogen and oxygen atoms in total. The summed E-state index contributed by atoms with van der Waals surface area (Å²) >= 11 is 0. The summed E-state index contributed by atoms with van der Waals surface area (Å²) in [5, 5.41) is 13.9. The van der Waals surface area contributed by atoms with Crippen LogP contribution in [0.15, 0.2) is 47.4 Å². The third-order valence-corrected chi connectivity index (χ3v) is 4.76. The normalized spacial score (nSPS) is 11.4. The molecule has 2 heterocycles. The Bertz CT molecular complexity index is 1220. The van der Waals surface area contributed by atoms with Crippen LogP contribution in [0.25, 0.3) is 5.82 Å². The molecule has 1 amide bonds. The molecule has 0 bridgehead atoms. The molecule has 0 saturated heterocycles. The first-order chi connectivity index (χ1) is 16.0. The van der Waals surface area contributed by atoms with Crippen LogP contribution in [0.2, 0.25) is 0 Å². The minimum Gasteiger partial charge on any atom is -0.481 e. The first kappa shape index (κ1) is 24.7. The molecule has 3 N–H and O–H groups in total. The number of anilines is 1. The number of hydrogen-bond donors (Lipinski definition) is 3. The Morgan fingerprint density at radius 1 is 1.09 bits per heavy atom. The van der Waals surface area contributed by atoms with E-state index in [1.54, 1.807) is 19.1 Å². The Morgan fingerprint density at radius 2 is 1.74 bits per heavy atom. The van der Waals surface area contributed by atoms with Crippen molar-refractivity contribution in [3.05, 3.63) is 75.3 Å². The maximum atomic E-state index is 12.6. The zero-order chi connectivity index (χ0) is 24.9. The number of halogens is 3. The lowest BCUT2D eigenvalue weighted by molar-refractivity contribution is -0.138. The van der Waals surface area contributed by atoms with E-state index in [-0.39, 0.29) is 37.6 Å². The highest BCUT2D eigenvalue weighted by molar-refractivity contribution is 5.92. The van der Waals surface area contributed by atoms with Crippen LogP contribution < -0.4 is 10.9 Å². The number of pyridine rings is 1. The predicted molar refractivity (Wildman–Crippen MR) is 114 cm³/mol. The summed E-state index contributed by atoms with van der Waals surface area (Å²) in [5.41, 5.74) is 0.354. The van der Waals surface area contributed by atoms with Gasteiger partial charge in [0.05, 0.1) is 30.9 Å². The molecule has 0 spiro atoms. The summed E-state index contributed by atoms with van der Waals surface area (Å²) in [4.78, 5) is 39.3. The molecule has 0 saturated carbocycles. The number of carboxylic acids is 1. The Morgan fingerprint density at radius 3 is 2.32 bits per heavy atom. The van der Waals surface area contributed by atoms with Crippen LogP contribution in [0, 0.1) is 6.92 Å². The van der Waals surface area contributed by atoms with E-state index in [9.17, 15) is 27.6 Å². The summed E-state index contributed by atoms with van der Waals surface area (Å²) in [5.74, 6) is -1.46. The molecule has 0 atom stereocenters. The average Bonchev–Trinajstić information content (AvgIpc) is 3.06. The van der Waals surface area contributed by atoms with E-state index in [4.69, 9.17) is 9.84 Å². The number of alkyl halides is 3. The maximum Gasteiger partial charge on any atom is 0.416 e. The number of carboxylic acid groups (broad SMARTS) is 1. The van der Waals surface area contributed by atoms with E-state index in [1.165, 1.54) is 18.3 Å². The summed E-state index contributed by atoms with van der Waals surface area (Å²) in [6.07, 6.45) is -3.53. The number of ether oxygens (including phenoxy) is 1. The number of hydrogen-bond acceptors (Lipinski definition) is 5. The highest BCUT2D eigenvalue weighted by Gasteiger charge is 2.29. The number of aryl methyl sites for hydroxylation is 1. The molecule has 0 aliphatic carbocycles. The number of amides is 1. The topological polar surface area (TPSA) is 126 Å². The van der Waals surface area contributed by atoms with Gasteiger partial charge in [0.2, 0.25) is 5.91 Å².